The molecule has 2 amide bonds. The van der Waals surface area contributed by atoms with Crippen molar-refractivity contribution in [2.75, 3.05) is 31.1 Å². The summed E-state index contributed by atoms with van der Waals surface area (Å²) in [5.41, 5.74) is 1.56. The van der Waals surface area contributed by atoms with Crippen molar-refractivity contribution in [3.05, 3.63) is 65.5 Å². The molecular weight excluding hydrogens is 345 g/mol. The van der Waals surface area contributed by atoms with Gasteiger partial charge in [-0.15, -0.1) is 0 Å². The van der Waals surface area contributed by atoms with Crippen molar-refractivity contribution in [2.45, 2.75) is 19.5 Å². The Morgan fingerprint density at radius 3 is 2.00 bits per heavy atom. The number of amides is 2. The Hall–Kier alpha value is -2.73. The second-order valence-corrected chi connectivity index (χ2v) is 6.89. The molecule has 0 saturated carbocycles. The number of piperazine rings is 1. The molecular formula is C21H22FN3O2. The summed E-state index contributed by atoms with van der Waals surface area (Å²) >= 11 is 0. The molecule has 0 bridgehead atoms. The monoisotopic (exact) mass is 367 g/mol. The molecule has 1 unspecified atom stereocenters. The van der Waals surface area contributed by atoms with Gasteiger partial charge in [0.1, 0.15) is 5.82 Å². The smallest absolute Gasteiger partial charge is 0.262 e. The minimum atomic E-state index is -0.278. The Morgan fingerprint density at radius 1 is 0.889 bits per heavy atom. The van der Waals surface area contributed by atoms with Gasteiger partial charge < -0.3 is 4.90 Å². The molecule has 0 aliphatic carbocycles. The summed E-state index contributed by atoms with van der Waals surface area (Å²) in [6.45, 7) is 4.62. The molecule has 2 aromatic rings. The van der Waals surface area contributed by atoms with Gasteiger partial charge in [0, 0.05) is 26.2 Å². The first-order valence-electron chi connectivity index (χ1n) is 9.32. The number of carbonyl (C=O) groups excluding carboxylic acids is 2. The van der Waals surface area contributed by atoms with E-state index in [-0.39, 0.29) is 23.8 Å². The Morgan fingerprint density at radius 2 is 1.44 bits per heavy atom. The first-order valence-corrected chi connectivity index (χ1v) is 9.32. The molecule has 1 atom stereocenters. The molecule has 5 nitrogen and oxygen atoms in total. The van der Waals surface area contributed by atoms with Gasteiger partial charge in [0.15, 0.2) is 0 Å². The number of rotatable bonds is 4. The first kappa shape index (κ1) is 17.7. The zero-order valence-electron chi connectivity index (χ0n) is 15.3. The number of benzene rings is 2. The van der Waals surface area contributed by atoms with Crippen molar-refractivity contribution < 1.29 is 14.0 Å². The summed E-state index contributed by atoms with van der Waals surface area (Å²) in [6, 6.07) is 13.7. The number of imide groups is 1. The minimum Gasteiger partial charge on any atom is -0.367 e. The topological polar surface area (TPSA) is 43.9 Å². The van der Waals surface area contributed by atoms with Crippen LogP contribution >= 0.6 is 0 Å². The fraction of sp³-hybridized carbons (Fsp3) is 0.333. The first-order chi connectivity index (χ1) is 13.1. The fourth-order valence-electron chi connectivity index (χ4n) is 4.05. The number of nitrogens with zero attached hydrogens (tertiary/aromatic N) is 3. The van der Waals surface area contributed by atoms with Crippen LogP contribution in [0.5, 0.6) is 0 Å². The van der Waals surface area contributed by atoms with E-state index < -0.39 is 0 Å². The zero-order chi connectivity index (χ0) is 19.0. The van der Waals surface area contributed by atoms with E-state index in [1.807, 2.05) is 17.9 Å². The normalized spacial score (nSPS) is 18.7. The van der Waals surface area contributed by atoms with Crippen LogP contribution in [0.3, 0.4) is 0 Å². The van der Waals surface area contributed by atoms with Gasteiger partial charge in [-0.25, -0.2) is 4.39 Å². The minimum absolute atomic E-state index is 0.223. The second kappa shape index (κ2) is 7.12. The van der Waals surface area contributed by atoms with Crippen molar-refractivity contribution in [3.8, 4) is 0 Å². The van der Waals surface area contributed by atoms with Gasteiger partial charge in [0.25, 0.3) is 11.8 Å². The van der Waals surface area contributed by atoms with Crippen LogP contribution < -0.4 is 4.90 Å². The highest BCUT2D eigenvalue weighted by Crippen LogP contribution is 2.28. The summed E-state index contributed by atoms with van der Waals surface area (Å²) in [7, 11) is 0. The van der Waals surface area contributed by atoms with Gasteiger partial charge in [0.2, 0.25) is 0 Å². The standard InChI is InChI=1S/C21H22FN3O2/c1-2-19(25-20(26)15-7-3-4-8-16(15)21(25)27)24-13-11-23(12-14-24)18-10-6-5-9-17(18)22/h3-10,19H,2,11-14H2,1H3. The van der Waals surface area contributed by atoms with E-state index in [0.29, 0.717) is 49.4 Å². The fourth-order valence-corrected chi connectivity index (χ4v) is 4.05. The van der Waals surface area contributed by atoms with Crippen molar-refractivity contribution in [2.24, 2.45) is 0 Å². The Bertz CT molecular complexity index is 842. The molecule has 4 rings (SSSR count). The number of hydrogen-bond acceptors (Lipinski definition) is 4. The van der Waals surface area contributed by atoms with Crippen molar-refractivity contribution in [3.63, 3.8) is 0 Å². The molecule has 6 heteroatoms. The number of halogens is 1. The highest BCUT2D eigenvalue weighted by atomic mass is 19.1. The lowest BCUT2D eigenvalue weighted by Gasteiger charge is -2.42. The van der Waals surface area contributed by atoms with Crippen LogP contribution in [-0.4, -0.2) is 54.0 Å². The molecule has 140 valence electrons. The zero-order valence-corrected chi connectivity index (χ0v) is 15.3. The number of carbonyl (C=O) groups is 2. The molecule has 2 aliphatic rings. The number of hydrogen-bond donors (Lipinski definition) is 0. The Kier molecular flexibility index (Phi) is 4.66. The largest absolute Gasteiger partial charge is 0.367 e. The maximum absolute atomic E-state index is 14.0. The van der Waals surface area contributed by atoms with Crippen LogP contribution in [-0.2, 0) is 0 Å². The molecule has 27 heavy (non-hydrogen) atoms. The van der Waals surface area contributed by atoms with Gasteiger partial charge in [-0.3, -0.25) is 19.4 Å². The quantitative estimate of drug-likeness (QED) is 0.780. The predicted octanol–water partition coefficient (Wildman–Crippen LogP) is 2.98. The summed E-state index contributed by atoms with van der Waals surface area (Å²) in [5.74, 6) is -0.670. The van der Waals surface area contributed by atoms with E-state index in [1.165, 1.54) is 11.0 Å². The van der Waals surface area contributed by atoms with Crippen LogP contribution in [0.15, 0.2) is 48.5 Å². The molecule has 0 spiro atoms. The van der Waals surface area contributed by atoms with Crippen LogP contribution in [0, 0.1) is 5.82 Å². The summed E-state index contributed by atoms with van der Waals surface area (Å²) in [4.78, 5) is 31.2. The lowest BCUT2D eigenvalue weighted by Crippen LogP contribution is -2.57. The maximum atomic E-state index is 14.0. The van der Waals surface area contributed by atoms with E-state index >= 15 is 0 Å². The Balaban J connectivity index is 1.50. The molecule has 2 heterocycles. The molecule has 2 aromatic carbocycles. The van der Waals surface area contributed by atoms with Crippen LogP contribution in [0.2, 0.25) is 0 Å². The lowest BCUT2D eigenvalue weighted by molar-refractivity contribution is 0.0277. The summed E-state index contributed by atoms with van der Waals surface area (Å²) in [6.07, 6.45) is 0.380. The second-order valence-electron chi connectivity index (χ2n) is 6.89. The van der Waals surface area contributed by atoms with Gasteiger partial charge >= 0.3 is 0 Å². The number of anilines is 1. The maximum Gasteiger partial charge on any atom is 0.262 e. The van der Waals surface area contributed by atoms with Gasteiger partial charge in [0.05, 0.1) is 23.0 Å². The summed E-state index contributed by atoms with van der Waals surface area (Å²) < 4.78 is 14.0. The highest BCUT2D eigenvalue weighted by molar-refractivity contribution is 6.21. The molecule has 0 aromatic heterocycles. The third-order valence-corrected chi connectivity index (χ3v) is 5.42. The van der Waals surface area contributed by atoms with E-state index in [2.05, 4.69) is 4.90 Å². The van der Waals surface area contributed by atoms with Gasteiger partial charge in [-0.2, -0.15) is 0 Å². The van der Waals surface area contributed by atoms with Gasteiger partial charge in [-0.05, 0) is 30.7 Å². The molecule has 1 saturated heterocycles. The van der Waals surface area contributed by atoms with Crippen molar-refractivity contribution in [1.82, 2.24) is 9.80 Å². The van der Waals surface area contributed by atoms with Crippen molar-refractivity contribution in [1.29, 1.82) is 0 Å². The molecule has 1 fully saturated rings. The van der Waals surface area contributed by atoms with Crippen LogP contribution in [0.25, 0.3) is 0 Å². The van der Waals surface area contributed by atoms with Crippen LogP contribution in [0.4, 0.5) is 10.1 Å². The predicted molar refractivity (Wildman–Crippen MR) is 101 cm³/mol. The average Bonchev–Trinajstić information content (AvgIpc) is 2.95. The van der Waals surface area contributed by atoms with E-state index in [4.69, 9.17) is 0 Å². The molecule has 2 aliphatic heterocycles. The van der Waals surface area contributed by atoms with Gasteiger partial charge in [-0.1, -0.05) is 31.2 Å². The third-order valence-electron chi connectivity index (χ3n) is 5.42. The molecule has 0 radical (unpaired) electrons. The van der Waals surface area contributed by atoms with E-state index in [0.717, 1.165) is 0 Å². The van der Waals surface area contributed by atoms with E-state index in [1.54, 1.807) is 36.4 Å². The lowest BCUT2D eigenvalue weighted by atomic mass is 10.1. The van der Waals surface area contributed by atoms with Crippen LogP contribution in [0.1, 0.15) is 34.1 Å². The average molecular weight is 367 g/mol. The molecule has 0 N–H and O–H groups in total. The summed E-state index contributed by atoms with van der Waals surface area (Å²) in [5, 5.41) is 0. The number of fused-ring (bicyclic) bond motifs is 1. The highest BCUT2D eigenvalue weighted by Gasteiger charge is 2.41. The number of para-hydroxylation sites is 1. The Labute approximate surface area is 158 Å². The van der Waals surface area contributed by atoms with E-state index in [9.17, 15) is 14.0 Å². The SMILES string of the molecule is CCC(N1CCN(c2ccccc2F)CC1)N1C(=O)c2ccccc2C1=O. The third kappa shape index (κ3) is 3.00. The van der Waals surface area contributed by atoms with Crippen molar-refractivity contribution >= 4 is 17.5 Å².